The molecule has 2 nitrogen and oxygen atoms in total. The van der Waals surface area contributed by atoms with Gasteiger partial charge in [-0.2, -0.15) is 0 Å². The molecule has 5 aliphatic carbocycles. The molecule has 0 saturated heterocycles. The van der Waals surface area contributed by atoms with Crippen molar-refractivity contribution >= 4 is 11.6 Å². The second kappa shape index (κ2) is 6.35. The monoisotopic (exact) mass is 424 g/mol. The van der Waals surface area contributed by atoms with Crippen LogP contribution in [-0.2, 0) is 9.59 Å². The summed E-state index contributed by atoms with van der Waals surface area (Å²) in [5.41, 5.74) is 0.254. The molecule has 8 atom stereocenters. The highest BCUT2D eigenvalue weighted by molar-refractivity contribution is 5.96. The molecule has 0 aromatic heterocycles. The first kappa shape index (κ1) is 21.9. The zero-order valence-corrected chi connectivity index (χ0v) is 21.0. The van der Waals surface area contributed by atoms with Gasteiger partial charge in [-0.05, 0) is 96.4 Å². The fourth-order valence-electron chi connectivity index (χ4n) is 10.1. The van der Waals surface area contributed by atoms with Gasteiger partial charge in [-0.25, -0.2) is 0 Å². The number of carbonyl (C=O) groups excluding carboxylic acids is 2. The van der Waals surface area contributed by atoms with Crippen LogP contribution in [0.3, 0.4) is 0 Å². The predicted molar refractivity (Wildman–Crippen MR) is 125 cm³/mol. The largest absolute Gasteiger partial charge is 0.299 e. The summed E-state index contributed by atoms with van der Waals surface area (Å²) in [5.74, 6) is 3.11. The Hall–Kier alpha value is -0.920. The van der Waals surface area contributed by atoms with Crippen LogP contribution in [0.4, 0.5) is 0 Å². The number of hydrogen-bond acceptors (Lipinski definition) is 2. The summed E-state index contributed by atoms with van der Waals surface area (Å²) in [5, 5.41) is 0. The summed E-state index contributed by atoms with van der Waals surface area (Å²) in [6.07, 6.45) is 13.5. The molecule has 0 heterocycles. The Bertz CT molecular complexity index is 849. The van der Waals surface area contributed by atoms with E-state index in [0.717, 1.165) is 18.8 Å². The summed E-state index contributed by atoms with van der Waals surface area (Å²) in [6.45, 7) is 16.6. The van der Waals surface area contributed by atoms with Crippen molar-refractivity contribution in [2.45, 2.75) is 99.8 Å². The van der Waals surface area contributed by atoms with Crippen LogP contribution in [0, 0.1) is 56.7 Å². The van der Waals surface area contributed by atoms with Gasteiger partial charge in [0, 0.05) is 17.8 Å². The summed E-state index contributed by atoms with van der Waals surface area (Å²) >= 11 is 0. The molecule has 0 aliphatic heterocycles. The molecular formula is C29H44O2. The van der Waals surface area contributed by atoms with Crippen LogP contribution in [0.15, 0.2) is 12.2 Å². The molecule has 0 N–H and O–H groups in total. The first-order valence-electron chi connectivity index (χ1n) is 13.0. The van der Waals surface area contributed by atoms with Gasteiger partial charge in [-0.3, -0.25) is 9.59 Å². The molecular weight excluding hydrogens is 380 g/mol. The van der Waals surface area contributed by atoms with Gasteiger partial charge >= 0.3 is 0 Å². The van der Waals surface area contributed by atoms with E-state index < -0.39 is 0 Å². The van der Waals surface area contributed by atoms with Crippen LogP contribution < -0.4 is 0 Å². The fraction of sp³-hybridized carbons (Fsp3) is 0.862. The van der Waals surface area contributed by atoms with E-state index in [2.05, 4.69) is 54.5 Å². The second-order valence-electron chi connectivity index (χ2n) is 14.3. The summed E-state index contributed by atoms with van der Waals surface area (Å²) in [4.78, 5) is 26.8. The molecule has 0 radical (unpaired) electrons. The standard InChI is InChI=1S/C29H44O2/c1-25(2)12-8-18-9-14-29(7)24(19(18)17-25)20(30)16-22-27(5)13-11-23(31)26(3,4)21(27)10-15-28(22,29)6/h11,13,18-19,21-22,24H,8-10,12,14-17H2,1-7H3/t18-,19-,21-,22?,24-,27-,28+,29+/m0/s1. The zero-order valence-electron chi connectivity index (χ0n) is 21.0. The minimum Gasteiger partial charge on any atom is -0.299 e. The highest BCUT2D eigenvalue weighted by Crippen LogP contribution is 2.74. The third kappa shape index (κ3) is 2.69. The van der Waals surface area contributed by atoms with Crippen molar-refractivity contribution in [1.82, 2.24) is 0 Å². The average molecular weight is 425 g/mol. The Morgan fingerprint density at radius 2 is 1.45 bits per heavy atom. The Balaban J connectivity index is 1.58. The van der Waals surface area contributed by atoms with Gasteiger partial charge < -0.3 is 0 Å². The quantitative estimate of drug-likeness (QED) is 0.418. The molecule has 0 bridgehead atoms. The Morgan fingerprint density at radius 3 is 2.16 bits per heavy atom. The number of hydrogen-bond donors (Lipinski definition) is 0. The highest BCUT2D eigenvalue weighted by atomic mass is 16.1. The van der Waals surface area contributed by atoms with Gasteiger partial charge in [-0.1, -0.05) is 54.5 Å². The van der Waals surface area contributed by atoms with E-state index in [0.29, 0.717) is 29.0 Å². The van der Waals surface area contributed by atoms with Crippen molar-refractivity contribution in [3.63, 3.8) is 0 Å². The summed E-state index contributed by atoms with van der Waals surface area (Å²) in [7, 11) is 0. The minimum absolute atomic E-state index is 0.0588. The molecule has 5 rings (SSSR count). The summed E-state index contributed by atoms with van der Waals surface area (Å²) in [6, 6.07) is 0. The van der Waals surface area contributed by atoms with Crippen LogP contribution in [0.1, 0.15) is 99.8 Å². The van der Waals surface area contributed by atoms with Gasteiger partial charge in [0.05, 0.1) is 0 Å². The van der Waals surface area contributed by atoms with Gasteiger partial charge in [0.25, 0.3) is 0 Å². The van der Waals surface area contributed by atoms with E-state index in [1.54, 1.807) is 0 Å². The van der Waals surface area contributed by atoms with E-state index in [9.17, 15) is 9.59 Å². The molecule has 4 saturated carbocycles. The molecule has 0 aromatic rings. The van der Waals surface area contributed by atoms with E-state index in [1.807, 2.05) is 6.08 Å². The second-order valence-corrected chi connectivity index (χ2v) is 14.3. The van der Waals surface area contributed by atoms with Crippen LogP contribution >= 0.6 is 0 Å². The maximum absolute atomic E-state index is 14.0. The van der Waals surface area contributed by atoms with E-state index in [1.165, 1.54) is 38.5 Å². The SMILES string of the molecule is CC1(C)CC[C@H]2CC[C@]3(C)[C@H](C(=O)CC4[C@@]5(C)C=CC(=O)C(C)(C)[C@@H]5CC[C@]43C)[C@H]2C1. The van der Waals surface area contributed by atoms with Gasteiger partial charge in [0.15, 0.2) is 5.78 Å². The van der Waals surface area contributed by atoms with Gasteiger partial charge in [-0.15, -0.1) is 0 Å². The predicted octanol–water partition coefficient (Wildman–Crippen LogP) is 7.02. The maximum atomic E-state index is 14.0. The van der Waals surface area contributed by atoms with E-state index in [-0.39, 0.29) is 33.4 Å². The van der Waals surface area contributed by atoms with Crippen molar-refractivity contribution in [2.24, 2.45) is 56.7 Å². The Labute approximate surface area is 190 Å². The third-order valence-corrected chi connectivity index (χ3v) is 12.1. The molecule has 1 unspecified atom stereocenters. The Morgan fingerprint density at radius 1 is 0.806 bits per heavy atom. The van der Waals surface area contributed by atoms with E-state index >= 15 is 0 Å². The minimum atomic E-state index is -0.323. The number of ketones is 2. The maximum Gasteiger partial charge on any atom is 0.161 e. The van der Waals surface area contributed by atoms with Crippen molar-refractivity contribution in [3.05, 3.63) is 12.2 Å². The normalized spacial score (nSPS) is 52.5. The molecule has 0 aromatic carbocycles. The van der Waals surface area contributed by atoms with Crippen molar-refractivity contribution in [3.8, 4) is 0 Å². The zero-order chi connectivity index (χ0) is 22.6. The van der Waals surface area contributed by atoms with Crippen molar-refractivity contribution < 1.29 is 9.59 Å². The number of fused-ring (bicyclic) bond motifs is 7. The molecule has 172 valence electrons. The van der Waals surface area contributed by atoms with Crippen molar-refractivity contribution in [2.75, 3.05) is 0 Å². The molecule has 2 heteroatoms. The molecule has 31 heavy (non-hydrogen) atoms. The number of rotatable bonds is 0. The fourth-order valence-corrected chi connectivity index (χ4v) is 10.1. The van der Waals surface area contributed by atoms with Crippen LogP contribution in [0.25, 0.3) is 0 Å². The molecule has 0 spiro atoms. The number of carbonyl (C=O) groups is 2. The Kier molecular flexibility index (Phi) is 4.49. The first-order valence-corrected chi connectivity index (χ1v) is 13.0. The number of Topliss-reactive ketones (excluding diaryl/α,β-unsaturated/α-hetero) is 1. The smallest absolute Gasteiger partial charge is 0.161 e. The molecule has 4 fully saturated rings. The van der Waals surface area contributed by atoms with E-state index in [4.69, 9.17) is 0 Å². The summed E-state index contributed by atoms with van der Waals surface area (Å²) < 4.78 is 0. The lowest BCUT2D eigenvalue weighted by atomic mass is 9.33. The van der Waals surface area contributed by atoms with Gasteiger partial charge in [0.2, 0.25) is 0 Å². The van der Waals surface area contributed by atoms with Gasteiger partial charge in [0.1, 0.15) is 5.78 Å². The highest BCUT2D eigenvalue weighted by Gasteiger charge is 2.69. The third-order valence-electron chi connectivity index (χ3n) is 12.1. The van der Waals surface area contributed by atoms with Crippen LogP contribution in [0.2, 0.25) is 0 Å². The van der Waals surface area contributed by atoms with Crippen LogP contribution in [0.5, 0.6) is 0 Å². The van der Waals surface area contributed by atoms with Crippen LogP contribution in [-0.4, -0.2) is 11.6 Å². The first-order chi connectivity index (χ1) is 14.3. The lowest BCUT2D eigenvalue weighted by molar-refractivity contribution is -0.210. The van der Waals surface area contributed by atoms with Crippen molar-refractivity contribution in [1.29, 1.82) is 0 Å². The topological polar surface area (TPSA) is 34.1 Å². The lowest BCUT2D eigenvalue weighted by Gasteiger charge is -2.70. The average Bonchev–Trinajstić information content (AvgIpc) is 2.66. The number of allylic oxidation sites excluding steroid dienone is 2. The molecule has 0 amide bonds. The molecule has 5 aliphatic rings. The lowest BCUT2D eigenvalue weighted by Crippen LogP contribution is -2.67.